The summed E-state index contributed by atoms with van der Waals surface area (Å²) >= 11 is 0. The molecular formula is C21H20O10. The molecule has 31 heavy (non-hydrogen) atoms. The van der Waals surface area contributed by atoms with Crippen LogP contribution in [0.2, 0.25) is 0 Å². The lowest BCUT2D eigenvalue weighted by Gasteiger charge is -2.38. The van der Waals surface area contributed by atoms with Crippen molar-refractivity contribution in [1.82, 2.24) is 0 Å². The first-order valence-electron chi connectivity index (χ1n) is 9.35. The number of phenolic OH excluding ortho intramolecular Hbond substituents is 3. The van der Waals surface area contributed by atoms with Gasteiger partial charge in [-0.05, 0) is 30.7 Å². The minimum Gasteiger partial charge on any atom is -0.507 e. The van der Waals surface area contributed by atoms with Crippen molar-refractivity contribution in [3.63, 3.8) is 0 Å². The topological polar surface area (TPSA) is 166 Å². The van der Waals surface area contributed by atoms with E-state index in [1.54, 1.807) is 0 Å². The highest BCUT2D eigenvalue weighted by Gasteiger charge is 2.43. The Labute approximate surface area is 175 Å². The lowest BCUT2D eigenvalue weighted by Crippen LogP contribution is -2.58. The molecule has 0 bridgehead atoms. The lowest BCUT2D eigenvalue weighted by molar-refractivity contribution is -0.268. The standard InChI is InChI=1S/C21H20O10/c1-8-17(25)19(27)20(28)21(29-8)30-10-6-13(24)16-14(7-10)31-15(18(16)26)5-9-2-3-11(22)12(23)4-9/h2-8,17,19-25,27-28H,1H3/b15-5-/t8-,17+,19+,20-,21+/m1/s1. The zero-order chi connectivity index (χ0) is 22.4. The average molecular weight is 432 g/mol. The number of rotatable bonds is 3. The van der Waals surface area contributed by atoms with Crippen LogP contribution in [0.3, 0.4) is 0 Å². The maximum Gasteiger partial charge on any atom is 0.235 e. The summed E-state index contributed by atoms with van der Waals surface area (Å²) in [5.41, 5.74) is 0.276. The fraction of sp³-hybridized carbons (Fsp3) is 0.286. The van der Waals surface area contributed by atoms with E-state index in [1.807, 2.05) is 0 Å². The van der Waals surface area contributed by atoms with Gasteiger partial charge in [-0.15, -0.1) is 0 Å². The third kappa shape index (κ3) is 3.77. The minimum atomic E-state index is -1.55. The van der Waals surface area contributed by atoms with Gasteiger partial charge in [0.2, 0.25) is 12.1 Å². The Hall–Kier alpha value is -3.31. The van der Waals surface area contributed by atoms with Gasteiger partial charge < -0.3 is 44.8 Å². The first-order chi connectivity index (χ1) is 14.7. The number of ketones is 1. The van der Waals surface area contributed by atoms with Crippen LogP contribution in [-0.2, 0) is 4.74 Å². The molecule has 5 atom stereocenters. The smallest absolute Gasteiger partial charge is 0.235 e. The normalized spacial score (nSPS) is 29.0. The molecule has 0 amide bonds. The Morgan fingerprint density at radius 3 is 2.39 bits per heavy atom. The molecule has 0 aliphatic carbocycles. The van der Waals surface area contributed by atoms with Crippen LogP contribution in [0, 0.1) is 0 Å². The van der Waals surface area contributed by atoms with E-state index in [9.17, 15) is 35.4 Å². The Bertz CT molecular complexity index is 1060. The number of aromatic hydroxyl groups is 3. The van der Waals surface area contributed by atoms with Crippen LogP contribution in [0.15, 0.2) is 36.1 Å². The van der Waals surface area contributed by atoms with E-state index in [-0.39, 0.29) is 34.3 Å². The lowest BCUT2D eigenvalue weighted by atomic mass is 10.00. The molecule has 0 unspecified atom stereocenters. The molecule has 4 rings (SSSR count). The van der Waals surface area contributed by atoms with E-state index in [2.05, 4.69) is 0 Å². The molecule has 10 nitrogen and oxygen atoms in total. The largest absolute Gasteiger partial charge is 0.507 e. The van der Waals surface area contributed by atoms with Crippen molar-refractivity contribution < 1.29 is 49.6 Å². The number of ether oxygens (including phenoxy) is 3. The monoisotopic (exact) mass is 432 g/mol. The van der Waals surface area contributed by atoms with Crippen LogP contribution in [0.1, 0.15) is 22.8 Å². The second-order valence-electron chi connectivity index (χ2n) is 7.30. The van der Waals surface area contributed by atoms with Gasteiger partial charge >= 0.3 is 0 Å². The number of hydrogen-bond acceptors (Lipinski definition) is 10. The van der Waals surface area contributed by atoms with E-state index >= 15 is 0 Å². The number of carbonyl (C=O) groups excluding carboxylic acids is 1. The summed E-state index contributed by atoms with van der Waals surface area (Å²) < 4.78 is 16.4. The van der Waals surface area contributed by atoms with E-state index in [4.69, 9.17) is 14.2 Å². The molecule has 2 aliphatic heterocycles. The number of carbonyl (C=O) groups is 1. The van der Waals surface area contributed by atoms with Crippen molar-refractivity contribution in [2.24, 2.45) is 0 Å². The van der Waals surface area contributed by atoms with Crippen LogP contribution in [0.25, 0.3) is 6.08 Å². The molecule has 2 aromatic carbocycles. The fourth-order valence-corrected chi connectivity index (χ4v) is 3.36. The van der Waals surface area contributed by atoms with Crippen LogP contribution in [0.4, 0.5) is 0 Å². The van der Waals surface area contributed by atoms with Crippen molar-refractivity contribution in [3.05, 3.63) is 47.2 Å². The molecule has 2 heterocycles. The highest BCUT2D eigenvalue weighted by Crippen LogP contribution is 2.42. The molecule has 10 heteroatoms. The summed E-state index contributed by atoms with van der Waals surface area (Å²) in [5, 5.41) is 59.0. The van der Waals surface area contributed by atoms with Crippen molar-refractivity contribution in [2.75, 3.05) is 0 Å². The zero-order valence-corrected chi connectivity index (χ0v) is 16.2. The summed E-state index contributed by atoms with van der Waals surface area (Å²) in [5.74, 6) is -1.87. The van der Waals surface area contributed by atoms with Crippen molar-refractivity contribution in [3.8, 4) is 28.7 Å². The third-order valence-electron chi connectivity index (χ3n) is 5.08. The van der Waals surface area contributed by atoms with Crippen molar-refractivity contribution in [2.45, 2.75) is 37.6 Å². The SMILES string of the molecule is C[C@H]1O[C@@H](Oc2cc(O)c3c(c2)O/C(=C\c2ccc(O)c(O)c2)C3=O)[C@H](O)[C@@H](O)[C@H]1O. The first kappa shape index (κ1) is 20.9. The summed E-state index contributed by atoms with van der Waals surface area (Å²) in [6.45, 7) is 1.50. The molecule has 1 saturated heterocycles. The van der Waals surface area contributed by atoms with Crippen molar-refractivity contribution in [1.29, 1.82) is 0 Å². The quantitative estimate of drug-likeness (QED) is 0.299. The van der Waals surface area contributed by atoms with Crippen LogP contribution >= 0.6 is 0 Å². The molecule has 2 aliphatic rings. The van der Waals surface area contributed by atoms with Gasteiger partial charge in [0.05, 0.1) is 6.10 Å². The van der Waals surface area contributed by atoms with Gasteiger partial charge in [0.1, 0.15) is 41.1 Å². The van der Waals surface area contributed by atoms with E-state index in [0.717, 1.165) is 6.07 Å². The maximum atomic E-state index is 12.6. The number of aliphatic hydroxyl groups excluding tert-OH is 3. The first-order valence-corrected chi connectivity index (χ1v) is 9.35. The number of aliphatic hydroxyl groups is 3. The van der Waals surface area contributed by atoms with Crippen LogP contribution < -0.4 is 9.47 Å². The number of benzene rings is 2. The Kier molecular flexibility index (Phi) is 5.23. The highest BCUT2D eigenvalue weighted by molar-refractivity contribution is 6.16. The zero-order valence-electron chi connectivity index (χ0n) is 16.2. The minimum absolute atomic E-state index is 0.00631. The second-order valence-corrected chi connectivity index (χ2v) is 7.30. The van der Waals surface area contributed by atoms with Gasteiger partial charge in [-0.3, -0.25) is 4.79 Å². The van der Waals surface area contributed by atoms with E-state index in [1.165, 1.54) is 37.3 Å². The van der Waals surface area contributed by atoms with Gasteiger partial charge in [0.15, 0.2) is 17.3 Å². The molecule has 0 saturated carbocycles. The van der Waals surface area contributed by atoms with Crippen LogP contribution in [-0.4, -0.2) is 67.1 Å². The maximum absolute atomic E-state index is 12.6. The van der Waals surface area contributed by atoms with Gasteiger partial charge in [-0.1, -0.05) is 6.07 Å². The summed E-state index contributed by atoms with van der Waals surface area (Å²) in [6.07, 6.45) is -5.17. The van der Waals surface area contributed by atoms with E-state index in [0.29, 0.717) is 5.56 Å². The van der Waals surface area contributed by atoms with Gasteiger partial charge in [0.25, 0.3) is 0 Å². The van der Waals surface area contributed by atoms with Gasteiger partial charge in [-0.2, -0.15) is 0 Å². The Morgan fingerprint density at radius 2 is 1.68 bits per heavy atom. The summed E-state index contributed by atoms with van der Waals surface area (Å²) in [6, 6.07) is 6.38. The predicted molar refractivity (Wildman–Crippen MR) is 104 cm³/mol. The van der Waals surface area contributed by atoms with Crippen LogP contribution in [0.5, 0.6) is 28.7 Å². The number of phenols is 3. The van der Waals surface area contributed by atoms with Gasteiger partial charge in [-0.25, -0.2) is 0 Å². The summed E-state index contributed by atoms with van der Waals surface area (Å²) in [7, 11) is 0. The number of fused-ring (bicyclic) bond motifs is 1. The Morgan fingerprint density at radius 1 is 0.935 bits per heavy atom. The molecular weight excluding hydrogens is 412 g/mol. The Balaban J connectivity index is 1.59. The molecule has 1 fully saturated rings. The highest BCUT2D eigenvalue weighted by atomic mass is 16.7. The fourth-order valence-electron chi connectivity index (χ4n) is 3.36. The third-order valence-corrected chi connectivity index (χ3v) is 5.08. The predicted octanol–water partition coefficient (Wildman–Crippen LogP) is 0.626. The molecule has 6 N–H and O–H groups in total. The number of Topliss-reactive ketones (excluding diaryl/α,β-unsaturated/α-hetero) is 1. The molecule has 0 radical (unpaired) electrons. The van der Waals surface area contributed by atoms with E-state index < -0.39 is 42.2 Å². The molecule has 0 spiro atoms. The average Bonchev–Trinajstić information content (AvgIpc) is 3.03. The van der Waals surface area contributed by atoms with Crippen molar-refractivity contribution >= 4 is 11.9 Å². The summed E-state index contributed by atoms with van der Waals surface area (Å²) in [4.78, 5) is 12.6. The van der Waals surface area contributed by atoms with Gasteiger partial charge in [0, 0.05) is 12.1 Å². The molecule has 0 aromatic heterocycles. The second kappa shape index (κ2) is 7.75. The number of allylic oxidation sites excluding steroid dienone is 1. The molecule has 164 valence electrons. The molecule has 2 aromatic rings. The number of hydrogen-bond donors (Lipinski definition) is 6.